The van der Waals surface area contributed by atoms with Gasteiger partial charge in [-0.2, -0.15) is 0 Å². The number of nitrogens with one attached hydrogen (secondary N) is 2. The summed E-state index contributed by atoms with van der Waals surface area (Å²) in [5.74, 6) is -0.581. The third-order valence-electron chi connectivity index (χ3n) is 3.83. The van der Waals surface area contributed by atoms with E-state index >= 15 is 0 Å². The summed E-state index contributed by atoms with van der Waals surface area (Å²) in [6, 6.07) is 10.6. The number of alkyl halides is 3. The first-order chi connectivity index (χ1) is 14.7. The minimum Gasteiger partial charge on any atom is -0.406 e. The lowest BCUT2D eigenvalue weighted by Crippen LogP contribution is -2.16. The lowest BCUT2D eigenvalue weighted by atomic mass is 10.3. The van der Waals surface area contributed by atoms with Crippen molar-refractivity contribution in [2.24, 2.45) is 0 Å². The van der Waals surface area contributed by atoms with Crippen LogP contribution in [0.15, 0.2) is 47.8 Å². The molecule has 0 saturated carbocycles. The highest BCUT2D eigenvalue weighted by atomic mass is 35.5. The summed E-state index contributed by atoms with van der Waals surface area (Å²) >= 11 is 8.56. The van der Waals surface area contributed by atoms with E-state index < -0.39 is 6.36 Å². The Hall–Kier alpha value is -2.89. The van der Waals surface area contributed by atoms with E-state index in [1.54, 1.807) is 23.6 Å². The number of fused-ring (bicyclic) bond motifs is 1. The first-order valence-electron chi connectivity index (χ1n) is 8.67. The zero-order chi connectivity index (χ0) is 22.0. The van der Waals surface area contributed by atoms with E-state index in [1.165, 1.54) is 46.9 Å². The van der Waals surface area contributed by atoms with Crippen molar-refractivity contribution in [1.29, 1.82) is 0 Å². The van der Waals surface area contributed by atoms with Crippen LogP contribution in [0.2, 0.25) is 5.02 Å². The number of carbonyl (C=O) groups is 1. The highest BCUT2D eigenvalue weighted by Gasteiger charge is 2.30. The maximum Gasteiger partial charge on any atom is 0.573 e. The number of halogens is 4. The molecule has 0 bridgehead atoms. The second-order valence-corrected chi connectivity index (χ2v) is 8.52. The van der Waals surface area contributed by atoms with Gasteiger partial charge in [0, 0.05) is 16.1 Å². The Balaban J connectivity index is 1.34. The van der Waals surface area contributed by atoms with Crippen LogP contribution in [-0.2, 0) is 11.2 Å². The van der Waals surface area contributed by atoms with Crippen LogP contribution in [0.5, 0.6) is 5.75 Å². The number of hydrogen-bond acceptors (Lipinski definition) is 7. The number of ether oxygens (including phenoxy) is 1. The third-order valence-corrected chi connectivity index (χ3v) is 5.80. The number of aromatic nitrogens is 2. The van der Waals surface area contributed by atoms with Crippen molar-refractivity contribution in [1.82, 2.24) is 9.97 Å². The Labute approximate surface area is 186 Å². The maximum atomic E-state index is 12.3. The van der Waals surface area contributed by atoms with Crippen molar-refractivity contribution in [3.05, 3.63) is 58.6 Å². The molecule has 31 heavy (non-hydrogen) atoms. The van der Waals surface area contributed by atoms with E-state index in [9.17, 15) is 18.0 Å². The van der Waals surface area contributed by atoms with Crippen LogP contribution in [0, 0.1) is 0 Å². The summed E-state index contributed by atoms with van der Waals surface area (Å²) in [7, 11) is 0. The monoisotopic (exact) mass is 484 g/mol. The van der Waals surface area contributed by atoms with Crippen molar-refractivity contribution in [2.75, 3.05) is 10.6 Å². The molecule has 2 aromatic heterocycles. The lowest BCUT2D eigenvalue weighted by Gasteiger charge is -2.09. The average Bonchev–Trinajstić information content (AvgIpc) is 3.27. The fourth-order valence-electron chi connectivity index (χ4n) is 2.59. The van der Waals surface area contributed by atoms with Gasteiger partial charge in [0.05, 0.1) is 22.3 Å². The SMILES string of the molecule is O=C(Cc1csc(Nc2ccc(OC(F)(F)F)cc2)n1)Nc1nc2ccc(Cl)cc2s1. The minimum absolute atomic E-state index is 0.0488. The average molecular weight is 485 g/mol. The molecule has 0 fully saturated rings. The number of amides is 1. The zero-order valence-electron chi connectivity index (χ0n) is 15.4. The number of carbonyl (C=O) groups excluding carboxylic acids is 1. The first-order valence-corrected chi connectivity index (χ1v) is 10.7. The first kappa shape index (κ1) is 21.3. The van der Waals surface area contributed by atoms with Crippen molar-refractivity contribution < 1.29 is 22.7 Å². The van der Waals surface area contributed by atoms with Gasteiger partial charge in [0.2, 0.25) is 5.91 Å². The van der Waals surface area contributed by atoms with Crippen molar-refractivity contribution >= 4 is 66.3 Å². The molecule has 4 rings (SSSR count). The van der Waals surface area contributed by atoms with Crippen LogP contribution < -0.4 is 15.4 Å². The number of hydrogen-bond donors (Lipinski definition) is 2. The molecular weight excluding hydrogens is 473 g/mol. The van der Waals surface area contributed by atoms with Crippen LogP contribution in [0.1, 0.15) is 5.69 Å². The molecule has 2 aromatic carbocycles. The van der Waals surface area contributed by atoms with Crippen molar-refractivity contribution in [3.8, 4) is 5.75 Å². The van der Waals surface area contributed by atoms with E-state index in [-0.39, 0.29) is 18.1 Å². The second kappa shape index (κ2) is 8.69. The van der Waals surface area contributed by atoms with E-state index in [0.717, 1.165) is 10.2 Å². The van der Waals surface area contributed by atoms with Gasteiger partial charge in [-0.05, 0) is 42.5 Å². The molecule has 0 radical (unpaired) electrons. The molecule has 6 nitrogen and oxygen atoms in total. The summed E-state index contributed by atoms with van der Waals surface area (Å²) < 4.78 is 41.4. The molecule has 0 atom stereocenters. The second-order valence-electron chi connectivity index (χ2n) is 6.20. The van der Waals surface area contributed by atoms with Gasteiger partial charge in [0.25, 0.3) is 0 Å². The molecule has 160 valence electrons. The fourth-order valence-corrected chi connectivity index (χ4v) is 4.48. The summed E-state index contributed by atoms with van der Waals surface area (Å²) in [5.41, 5.74) is 1.83. The van der Waals surface area contributed by atoms with Gasteiger partial charge < -0.3 is 15.4 Å². The molecule has 0 unspecified atom stereocenters. The van der Waals surface area contributed by atoms with E-state index in [4.69, 9.17) is 11.6 Å². The summed E-state index contributed by atoms with van der Waals surface area (Å²) in [5, 5.41) is 9.01. The van der Waals surface area contributed by atoms with E-state index in [1.807, 2.05) is 0 Å². The molecule has 0 aliphatic carbocycles. The Morgan fingerprint density at radius 3 is 2.61 bits per heavy atom. The molecule has 1 amide bonds. The Kier molecular flexibility index (Phi) is 5.99. The van der Waals surface area contributed by atoms with Crippen molar-refractivity contribution in [3.63, 3.8) is 0 Å². The number of benzene rings is 2. The van der Waals surface area contributed by atoms with E-state index in [0.29, 0.717) is 26.7 Å². The summed E-state index contributed by atoms with van der Waals surface area (Å²) in [6.45, 7) is 0. The Morgan fingerprint density at radius 1 is 1.10 bits per heavy atom. The van der Waals surface area contributed by atoms with Gasteiger partial charge >= 0.3 is 6.36 Å². The highest BCUT2D eigenvalue weighted by Crippen LogP contribution is 2.29. The third kappa shape index (κ3) is 5.84. The largest absolute Gasteiger partial charge is 0.573 e. The smallest absolute Gasteiger partial charge is 0.406 e. The molecular formula is C19H12ClF3N4O2S2. The van der Waals surface area contributed by atoms with Gasteiger partial charge in [-0.15, -0.1) is 24.5 Å². The molecule has 2 N–H and O–H groups in total. The fraction of sp³-hybridized carbons (Fsp3) is 0.105. The van der Waals surface area contributed by atoms with Crippen LogP contribution in [-0.4, -0.2) is 22.2 Å². The molecule has 12 heteroatoms. The highest BCUT2D eigenvalue weighted by molar-refractivity contribution is 7.22. The topological polar surface area (TPSA) is 76.1 Å². The quantitative estimate of drug-likeness (QED) is 0.339. The van der Waals surface area contributed by atoms with Gasteiger partial charge in [-0.25, -0.2) is 9.97 Å². The number of rotatable bonds is 6. The molecule has 2 heterocycles. The Morgan fingerprint density at radius 2 is 1.87 bits per heavy atom. The lowest BCUT2D eigenvalue weighted by molar-refractivity contribution is -0.274. The molecule has 0 saturated heterocycles. The number of nitrogens with zero attached hydrogens (tertiary/aromatic N) is 2. The molecule has 4 aromatic rings. The van der Waals surface area contributed by atoms with Crippen LogP contribution >= 0.6 is 34.3 Å². The number of thiazole rings is 2. The van der Waals surface area contributed by atoms with Crippen molar-refractivity contribution in [2.45, 2.75) is 12.8 Å². The van der Waals surface area contributed by atoms with Gasteiger partial charge in [-0.1, -0.05) is 22.9 Å². The van der Waals surface area contributed by atoms with Crippen LogP contribution in [0.4, 0.5) is 29.1 Å². The maximum absolute atomic E-state index is 12.3. The van der Waals surface area contributed by atoms with Gasteiger partial charge in [0.1, 0.15) is 5.75 Å². The molecule has 0 aliphatic heterocycles. The summed E-state index contributed by atoms with van der Waals surface area (Å²) in [6.07, 6.45) is -4.69. The predicted octanol–water partition coefficient (Wildman–Crippen LogP) is 6.23. The van der Waals surface area contributed by atoms with Crippen LogP contribution in [0.25, 0.3) is 10.2 Å². The molecule has 0 aliphatic rings. The van der Waals surface area contributed by atoms with Gasteiger partial charge in [-0.3, -0.25) is 4.79 Å². The minimum atomic E-state index is -4.74. The van der Waals surface area contributed by atoms with Crippen LogP contribution in [0.3, 0.4) is 0 Å². The standard InChI is InChI=1S/C19H12ClF3N4O2S2/c20-10-1-6-14-15(7-10)31-18(26-14)27-16(28)8-12-9-30-17(25-12)24-11-2-4-13(5-3-11)29-19(21,22)23/h1-7,9H,8H2,(H,24,25)(H,26,27,28). The summed E-state index contributed by atoms with van der Waals surface area (Å²) in [4.78, 5) is 21.0. The number of anilines is 3. The zero-order valence-corrected chi connectivity index (χ0v) is 17.8. The van der Waals surface area contributed by atoms with E-state index in [2.05, 4.69) is 25.3 Å². The Bertz CT molecular complexity index is 1230. The van der Waals surface area contributed by atoms with Gasteiger partial charge in [0.15, 0.2) is 10.3 Å². The molecule has 0 spiro atoms. The predicted molar refractivity (Wildman–Crippen MR) is 115 cm³/mol. The normalized spacial score (nSPS) is 11.5.